The maximum Gasteiger partial charge on any atom is 0.319 e. The van der Waals surface area contributed by atoms with Crippen LogP contribution in [0, 0.1) is 0 Å². The van der Waals surface area contributed by atoms with Gasteiger partial charge in [0, 0.05) is 17.8 Å². The molecule has 0 atom stereocenters. The van der Waals surface area contributed by atoms with Gasteiger partial charge in [-0.3, -0.25) is 9.69 Å². The summed E-state index contributed by atoms with van der Waals surface area (Å²) in [5, 5.41) is 14.5. The molecule has 1 saturated carbocycles. The third kappa shape index (κ3) is 4.85. The lowest BCUT2D eigenvalue weighted by molar-refractivity contribution is -0.139. The van der Waals surface area contributed by atoms with Crippen molar-refractivity contribution in [2.24, 2.45) is 0 Å². The number of nitrogens with zero attached hydrogens (tertiary/aromatic N) is 1. The molecule has 0 radical (unpaired) electrons. The van der Waals surface area contributed by atoms with Gasteiger partial charge in [-0.05, 0) is 43.7 Å². The number of carbonyl (C=O) groups excluding carboxylic acids is 1. The molecule has 0 spiro atoms. The number of methoxy groups -OCH3 is 1. The van der Waals surface area contributed by atoms with Crippen LogP contribution in [0.1, 0.15) is 19.8 Å². The molecular weight excluding hydrogens is 298 g/mol. The Morgan fingerprint density at radius 2 is 1.96 bits per heavy atom. The second kappa shape index (κ2) is 7.82. The normalized spacial score (nSPS) is 19.8. The van der Waals surface area contributed by atoms with Crippen LogP contribution >= 0.6 is 0 Å². The minimum absolute atomic E-state index is 0.0476. The van der Waals surface area contributed by atoms with Crippen LogP contribution in [0.2, 0.25) is 0 Å². The predicted molar refractivity (Wildman–Crippen MR) is 86.8 cm³/mol. The van der Waals surface area contributed by atoms with Gasteiger partial charge in [0.1, 0.15) is 5.75 Å². The van der Waals surface area contributed by atoms with E-state index >= 15 is 0 Å². The fourth-order valence-corrected chi connectivity index (χ4v) is 2.70. The Labute approximate surface area is 135 Å². The van der Waals surface area contributed by atoms with E-state index in [1.165, 1.54) is 0 Å². The number of carbonyl (C=O) groups is 2. The monoisotopic (exact) mass is 321 g/mol. The zero-order chi connectivity index (χ0) is 16.8. The molecule has 1 aliphatic carbocycles. The molecule has 1 fully saturated rings. The molecule has 2 rings (SSSR count). The Morgan fingerprint density at radius 1 is 1.30 bits per heavy atom. The molecule has 2 amide bonds. The van der Waals surface area contributed by atoms with Gasteiger partial charge >= 0.3 is 12.0 Å². The van der Waals surface area contributed by atoms with Crippen molar-refractivity contribution in [2.45, 2.75) is 31.8 Å². The van der Waals surface area contributed by atoms with Crippen molar-refractivity contribution in [3.05, 3.63) is 24.3 Å². The number of anilines is 1. The van der Waals surface area contributed by atoms with Gasteiger partial charge in [0.15, 0.2) is 0 Å². The second-order valence-electron chi connectivity index (χ2n) is 5.61. The van der Waals surface area contributed by atoms with Crippen LogP contribution < -0.4 is 15.4 Å². The summed E-state index contributed by atoms with van der Waals surface area (Å²) in [6.45, 7) is 2.69. The van der Waals surface area contributed by atoms with Crippen LogP contribution in [-0.4, -0.2) is 54.3 Å². The molecule has 0 saturated heterocycles. The van der Waals surface area contributed by atoms with Crippen LogP contribution in [0.25, 0.3) is 0 Å². The zero-order valence-corrected chi connectivity index (χ0v) is 13.4. The fourth-order valence-electron chi connectivity index (χ4n) is 2.70. The number of carboxylic acids is 1. The highest BCUT2D eigenvalue weighted by Gasteiger charge is 2.34. The van der Waals surface area contributed by atoms with Crippen LogP contribution in [0.15, 0.2) is 24.3 Å². The molecule has 0 unspecified atom stereocenters. The topological polar surface area (TPSA) is 90.9 Å². The Kier molecular flexibility index (Phi) is 5.81. The first kappa shape index (κ1) is 17.1. The third-order valence-electron chi connectivity index (χ3n) is 4.06. The number of likely N-dealkylation sites (N-methyl/N-ethyl adjacent to an activating group) is 1. The molecule has 0 heterocycles. The Balaban J connectivity index is 1.74. The lowest BCUT2D eigenvalue weighted by atomic mass is 9.85. The highest BCUT2D eigenvalue weighted by atomic mass is 16.5. The largest absolute Gasteiger partial charge is 0.497 e. The van der Waals surface area contributed by atoms with Gasteiger partial charge in [-0.25, -0.2) is 4.79 Å². The molecule has 7 nitrogen and oxygen atoms in total. The van der Waals surface area contributed by atoms with Gasteiger partial charge in [-0.1, -0.05) is 6.92 Å². The first-order valence-electron chi connectivity index (χ1n) is 7.69. The smallest absolute Gasteiger partial charge is 0.319 e. The number of nitrogens with one attached hydrogen (secondary N) is 2. The molecule has 126 valence electrons. The van der Waals surface area contributed by atoms with Gasteiger partial charge in [-0.15, -0.1) is 0 Å². The average molecular weight is 321 g/mol. The van der Waals surface area contributed by atoms with E-state index in [0.717, 1.165) is 18.6 Å². The number of hydrogen-bond acceptors (Lipinski definition) is 4. The number of amides is 2. The molecule has 1 aliphatic rings. The minimum Gasteiger partial charge on any atom is -0.497 e. The second-order valence-corrected chi connectivity index (χ2v) is 5.61. The quantitative estimate of drug-likeness (QED) is 0.712. The SMILES string of the molecule is CCN(CC(=O)O)C1CC(NC(=O)Nc2ccc(OC)cc2)C1. The highest BCUT2D eigenvalue weighted by molar-refractivity contribution is 5.89. The molecule has 7 heteroatoms. The predicted octanol–water partition coefficient (Wildman–Crippen LogP) is 1.75. The molecule has 0 bridgehead atoms. The molecular formula is C16H23N3O4. The lowest BCUT2D eigenvalue weighted by Crippen LogP contribution is -2.55. The summed E-state index contributed by atoms with van der Waals surface area (Å²) in [5.41, 5.74) is 0.695. The molecule has 1 aromatic carbocycles. The van der Waals surface area contributed by atoms with Crippen LogP contribution in [0.5, 0.6) is 5.75 Å². The molecule has 1 aromatic rings. The summed E-state index contributed by atoms with van der Waals surface area (Å²) < 4.78 is 5.06. The molecule has 0 aromatic heterocycles. The maximum atomic E-state index is 11.9. The Bertz CT molecular complexity index is 541. The summed E-state index contributed by atoms with van der Waals surface area (Å²) in [7, 11) is 1.59. The van der Waals surface area contributed by atoms with Crippen molar-refractivity contribution in [2.75, 3.05) is 25.5 Å². The van der Waals surface area contributed by atoms with Crippen LogP contribution in [0.3, 0.4) is 0 Å². The van der Waals surface area contributed by atoms with E-state index in [-0.39, 0.29) is 24.7 Å². The minimum atomic E-state index is -0.819. The highest BCUT2D eigenvalue weighted by Crippen LogP contribution is 2.25. The van der Waals surface area contributed by atoms with Crippen molar-refractivity contribution in [3.63, 3.8) is 0 Å². The molecule has 3 N–H and O–H groups in total. The van der Waals surface area contributed by atoms with Gasteiger partial charge in [0.2, 0.25) is 0 Å². The summed E-state index contributed by atoms with van der Waals surface area (Å²) >= 11 is 0. The number of rotatable bonds is 7. The van der Waals surface area contributed by atoms with E-state index in [4.69, 9.17) is 9.84 Å². The average Bonchev–Trinajstić information content (AvgIpc) is 2.49. The van der Waals surface area contributed by atoms with Crippen LogP contribution in [-0.2, 0) is 4.79 Å². The van der Waals surface area contributed by atoms with Crippen molar-refractivity contribution in [1.29, 1.82) is 0 Å². The summed E-state index contributed by atoms with van der Waals surface area (Å²) in [5.74, 6) is -0.0867. The first-order chi connectivity index (χ1) is 11.0. The van der Waals surface area contributed by atoms with Gasteiger partial charge in [0.25, 0.3) is 0 Å². The number of ether oxygens (including phenoxy) is 1. The molecule has 23 heavy (non-hydrogen) atoms. The summed E-state index contributed by atoms with van der Waals surface area (Å²) in [4.78, 5) is 24.6. The van der Waals surface area contributed by atoms with Crippen molar-refractivity contribution in [1.82, 2.24) is 10.2 Å². The van der Waals surface area contributed by atoms with Gasteiger partial charge in [0.05, 0.1) is 13.7 Å². The van der Waals surface area contributed by atoms with Gasteiger partial charge in [-0.2, -0.15) is 0 Å². The van der Waals surface area contributed by atoms with E-state index in [2.05, 4.69) is 10.6 Å². The van der Waals surface area contributed by atoms with E-state index in [0.29, 0.717) is 12.2 Å². The number of urea groups is 1. The van der Waals surface area contributed by atoms with E-state index in [9.17, 15) is 9.59 Å². The third-order valence-corrected chi connectivity index (χ3v) is 4.06. The lowest BCUT2D eigenvalue weighted by Gasteiger charge is -2.42. The Morgan fingerprint density at radius 3 is 2.48 bits per heavy atom. The zero-order valence-electron chi connectivity index (χ0n) is 13.4. The van der Waals surface area contributed by atoms with Crippen molar-refractivity contribution < 1.29 is 19.4 Å². The number of hydrogen-bond donors (Lipinski definition) is 3. The number of aliphatic carboxylic acids is 1. The maximum absolute atomic E-state index is 11.9. The summed E-state index contributed by atoms with van der Waals surface area (Å²) in [6.07, 6.45) is 1.55. The number of carboxylic acid groups (broad SMARTS) is 1. The van der Waals surface area contributed by atoms with Crippen molar-refractivity contribution in [3.8, 4) is 5.75 Å². The van der Waals surface area contributed by atoms with Gasteiger partial charge < -0.3 is 20.5 Å². The summed E-state index contributed by atoms with van der Waals surface area (Å²) in [6, 6.07) is 7.16. The van der Waals surface area contributed by atoms with E-state index in [1.54, 1.807) is 31.4 Å². The molecule has 0 aliphatic heterocycles. The van der Waals surface area contributed by atoms with Crippen LogP contribution in [0.4, 0.5) is 10.5 Å². The fraction of sp³-hybridized carbons (Fsp3) is 0.500. The Hall–Kier alpha value is -2.28. The standard InChI is InChI=1S/C16H23N3O4/c1-3-19(10-15(20)21)13-8-12(9-13)18-16(22)17-11-4-6-14(23-2)7-5-11/h4-7,12-13H,3,8-10H2,1-2H3,(H,20,21)(H2,17,18,22). The van der Waals surface area contributed by atoms with Crippen molar-refractivity contribution >= 4 is 17.7 Å². The number of benzene rings is 1. The first-order valence-corrected chi connectivity index (χ1v) is 7.69. The van der Waals surface area contributed by atoms with E-state index in [1.807, 2.05) is 11.8 Å². The van der Waals surface area contributed by atoms with E-state index < -0.39 is 5.97 Å².